The van der Waals surface area contributed by atoms with Crippen molar-refractivity contribution in [3.05, 3.63) is 66.2 Å². The third-order valence-electron chi connectivity index (χ3n) is 4.02. The molecule has 0 aliphatic carbocycles. The number of carbonyl (C=O) groups excluding carboxylic acids is 1. The second kappa shape index (κ2) is 6.68. The third kappa shape index (κ3) is 3.19. The Bertz CT molecular complexity index is 890. The molecule has 1 amide bonds. The minimum Gasteiger partial charge on any atom is -0.486 e. The number of H-pyrrole nitrogens is 1. The molecular weight excluding hydrogens is 318 g/mol. The SMILES string of the molecule is O=C(NCc1cccnc1)c1c[nH]cc1-c1ccc2c(c1)OCCO2. The van der Waals surface area contributed by atoms with E-state index in [-0.39, 0.29) is 5.91 Å². The van der Waals surface area contributed by atoms with Gasteiger partial charge in [-0.15, -0.1) is 0 Å². The second-order valence-corrected chi connectivity index (χ2v) is 5.69. The summed E-state index contributed by atoms with van der Waals surface area (Å²) in [7, 11) is 0. The molecule has 0 radical (unpaired) electrons. The summed E-state index contributed by atoms with van der Waals surface area (Å²) in [5, 5.41) is 2.92. The number of amides is 1. The molecule has 0 fully saturated rings. The van der Waals surface area contributed by atoms with Crippen LogP contribution in [0.15, 0.2) is 55.1 Å². The van der Waals surface area contributed by atoms with E-state index in [2.05, 4.69) is 15.3 Å². The molecule has 3 heterocycles. The van der Waals surface area contributed by atoms with Crippen molar-refractivity contribution in [3.8, 4) is 22.6 Å². The molecule has 2 aromatic heterocycles. The van der Waals surface area contributed by atoms with Crippen LogP contribution in [0.5, 0.6) is 11.5 Å². The van der Waals surface area contributed by atoms with Crippen LogP contribution in [0.3, 0.4) is 0 Å². The summed E-state index contributed by atoms with van der Waals surface area (Å²) in [4.78, 5) is 19.6. The summed E-state index contributed by atoms with van der Waals surface area (Å²) in [5.41, 5.74) is 3.26. The van der Waals surface area contributed by atoms with Gasteiger partial charge in [-0.05, 0) is 29.3 Å². The van der Waals surface area contributed by atoms with Crippen molar-refractivity contribution in [2.75, 3.05) is 13.2 Å². The van der Waals surface area contributed by atoms with Crippen LogP contribution in [-0.4, -0.2) is 29.1 Å². The molecule has 0 unspecified atom stereocenters. The van der Waals surface area contributed by atoms with Gasteiger partial charge in [0.15, 0.2) is 11.5 Å². The Balaban J connectivity index is 1.55. The number of ether oxygens (including phenoxy) is 2. The van der Waals surface area contributed by atoms with E-state index < -0.39 is 0 Å². The van der Waals surface area contributed by atoms with Gasteiger partial charge in [0.1, 0.15) is 13.2 Å². The van der Waals surface area contributed by atoms with Crippen molar-refractivity contribution in [1.29, 1.82) is 0 Å². The number of hydrogen-bond donors (Lipinski definition) is 2. The number of rotatable bonds is 4. The highest BCUT2D eigenvalue weighted by atomic mass is 16.6. The minimum atomic E-state index is -0.144. The van der Waals surface area contributed by atoms with Crippen molar-refractivity contribution in [2.45, 2.75) is 6.54 Å². The molecule has 0 spiro atoms. The van der Waals surface area contributed by atoms with E-state index in [0.29, 0.717) is 31.1 Å². The first kappa shape index (κ1) is 15.3. The monoisotopic (exact) mass is 335 g/mol. The second-order valence-electron chi connectivity index (χ2n) is 5.69. The van der Waals surface area contributed by atoms with Crippen LogP contribution in [-0.2, 0) is 6.54 Å². The van der Waals surface area contributed by atoms with E-state index in [1.165, 1.54) is 0 Å². The van der Waals surface area contributed by atoms with Crippen molar-refractivity contribution in [2.24, 2.45) is 0 Å². The summed E-state index contributed by atoms with van der Waals surface area (Å²) < 4.78 is 11.2. The minimum absolute atomic E-state index is 0.144. The van der Waals surface area contributed by atoms with Gasteiger partial charge in [0.25, 0.3) is 5.91 Å². The number of benzene rings is 1. The molecule has 1 aliphatic rings. The average molecular weight is 335 g/mol. The van der Waals surface area contributed by atoms with Crippen LogP contribution >= 0.6 is 0 Å². The first-order valence-corrected chi connectivity index (χ1v) is 8.05. The molecule has 126 valence electrons. The van der Waals surface area contributed by atoms with E-state index in [1.807, 2.05) is 36.5 Å². The van der Waals surface area contributed by atoms with E-state index in [9.17, 15) is 4.79 Å². The predicted molar refractivity (Wildman–Crippen MR) is 92.6 cm³/mol. The van der Waals surface area contributed by atoms with Crippen LogP contribution in [0, 0.1) is 0 Å². The van der Waals surface area contributed by atoms with Crippen molar-refractivity contribution < 1.29 is 14.3 Å². The van der Waals surface area contributed by atoms with Gasteiger partial charge in [-0.25, -0.2) is 0 Å². The lowest BCUT2D eigenvalue weighted by atomic mass is 10.0. The van der Waals surface area contributed by atoms with Crippen LogP contribution in [0.25, 0.3) is 11.1 Å². The lowest BCUT2D eigenvalue weighted by Gasteiger charge is -2.19. The highest BCUT2D eigenvalue weighted by molar-refractivity contribution is 6.00. The molecule has 0 saturated heterocycles. The summed E-state index contributed by atoms with van der Waals surface area (Å²) in [6, 6.07) is 9.46. The van der Waals surface area contributed by atoms with Gasteiger partial charge in [-0.3, -0.25) is 9.78 Å². The Kier molecular flexibility index (Phi) is 4.08. The fraction of sp³-hybridized carbons (Fsp3) is 0.158. The Labute approximate surface area is 144 Å². The Morgan fingerprint density at radius 2 is 2.04 bits per heavy atom. The zero-order valence-electron chi connectivity index (χ0n) is 13.5. The Morgan fingerprint density at radius 1 is 1.16 bits per heavy atom. The molecule has 1 aliphatic heterocycles. The molecule has 0 atom stereocenters. The summed E-state index contributed by atoms with van der Waals surface area (Å²) in [5.74, 6) is 1.29. The number of nitrogens with zero attached hydrogens (tertiary/aromatic N) is 1. The van der Waals surface area contributed by atoms with E-state index in [4.69, 9.17) is 9.47 Å². The number of hydrogen-bond acceptors (Lipinski definition) is 4. The maximum absolute atomic E-state index is 12.6. The number of aromatic nitrogens is 2. The lowest BCUT2D eigenvalue weighted by Crippen LogP contribution is -2.23. The van der Waals surface area contributed by atoms with Crippen LogP contribution in [0.4, 0.5) is 0 Å². The molecule has 2 N–H and O–H groups in total. The molecule has 3 aromatic rings. The standard InChI is InChI=1S/C19H17N3O3/c23-19(22-10-13-2-1-5-20-9-13)16-12-21-11-15(16)14-3-4-17-18(8-14)25-7-6-24-17/h1-5,8-9,11-12,21H,6-7,10H2,(H,22,23). The largest absolute Gasteiger partial charge is 0.486 e. The summed E-state index contributed by atoms with van der Waals surface area (Å²) in [6.45, 7) is 1.51. The van der Waals surface area contributed by atoms with Crippen molar-refractivity contribution in [1.82, 2.24) is 15.3 Å². The van der Waals surface area contributed by atoms with E-state index in [1.54, 1.807) is 18.6 Å². The average Bonchev–Trinajstić information content (AvgIpc) is 3.16. The van der Waals surface area contributed by atoms with Crippen LogP contribution in [0.1, 0.15) is 15.9 Å². The third-order valence-corrected chi connectivity index (χ3v) is 4.02. The van der Waals surface area contributed by atoms with Crippen LogP contribution in [0.2, 0.25) is 0 Å². The number of nitrogens with one attached hydrogen (secondary N) is 2. The van der Waals surface area contributed by atoms with Gasteiger partial charge in [-0.1, -0.05) is 12.1 Å². The van der Waals surface area contributed by atoms with Gasteiger partial charge in [-0.2, -0.15) is 0 Å². The number of fused-ring (bicyclic) bond motifs is 1. The van der Waals surface area contributed by atoms with Gasteiger partial charge in [0, 0.05) is 36.9 Å². The Hall–Kier alpha value is -3.28. The molecule has 6 heteroatoms. The molecule has 4 rings (SSSR count). The number of carbonyl (C=O) groups is 1. The van der Waals surface area contributed by atoms with Crippen LogP contribution < -0.4 is 14.8 Å². The van der Waals surface area contributed by atoms with E-state index >= 15 is 0 Å². The maximum Gasteiger partial charge on any atom is 0.253 e. The topological polar surface area (TPSA) is 76.2 Å². The van der Waals surface area contributed by atoms with Crippen molar-refractivity contribution in [3.63, 3.8) is 0 Å². The lowest BCUT2D eigenvalue weighted by molar-refractivity contribution is 0.0951. The zero-order chi connectivity index (χ0) is 17.1. The van der Waals surface area contributed by atoms with Gasteiger partial charge in [0.05, 0.1) is 5.56 Å². The molecular formula is C19H17N3O3. The van der Waals surface area contributed by atoms with E-state index in [0.717, 1.165) is 22.4 Å². The number of aromatic amines is 1. The maximum atomic E-state index is 12.6. The molecule has 6 nitrogen and oxygen atoms in total. The van der Waals surface area contributed by atoms with Gasteiger partial charge < -0.3 is 19.8 Å². The smallest absolute Gasteiger partial charge is 0.253 e. The molecule has 0 saturated carbocycles. The summed E-state index contributed by atoms with van der Waals surface area (Å²) >= 11 is 0. The predicted octanol–water partition coefficient (Wildman–Crippen LogP) is 2.78. The molecule has 25 heavy (non-hydrogen) atoms. The van der Waals surface area contributed by atoms with Gasteiger partial charge >= 0.3 is 0 Å². The van der Waals surface area contributed by atoms with Gasteiger partial charge in [0.2, 0.25) is 0 Å². The first-order chi connectivity index (χ1) is 12.3. The highest BCUT2D eigenvalue weighted by Gasteiger charge is 2.17. The summed E-state index contributed by atoms with van der Waals surface area (Å²) in [6.07, 6.45) is 6.95. The Morgan fingerprint density at radius 3 is 2.88 bits per heavy atom. The fourth-order valence-corrected chi connectivity index (χ4v) is 2.78. The normalized spacial score (nSPS) is 12.6. The quantitative estimate of drug-likeness (QED) is 0.769. The fourth-order valence-electron chi connectivity index (χ4n) is 2.78. The van der Waals surface area contributed by atoms with Crippen molar-refractivity contribution >= 4 is 5.91 Å². The first-order valence-electron chi connectivity index (χ1n) is 8.05. The molecule has 1 aromatic carbocycles. The highest BCUT2D eigenvalue weighted by Crippen LogP contribution is 2.35. The number of pyridine rings is 1. The molecule has 0 bridgehead atoms. The zero-order valence-corrected chi connectivity index (χ0v) is 13.5.